The maximum Gasteiger partial charge on any atom is 0.258 e. The zero-order chi connectivity index (χ0) is 21.5. The van der Waals surface area contributed by atoms with Crippen molar-refractivity contribution in [3.8, 4) is 5.75 Å². The quantitative estimate of drug-likeness (QED) is 0.701. The summed E-state index contributed by atoms with van der Waals surface area (Å²) in [6, 6.07) is 12.7. The number of fused-ring (bicyclic) bond motifs is 1. The highest BCUT2D eigenvalue weighted by atomic mass is 19.1. The maximum absolute atomic E-state index is 13.7. The van der Waals surface area contributed by atoms with E-state index in [4.69, 9.17) is 4.74 Å². The molecule has 31 heavy (non-hydrogen) atoms. The summed E-state index contributed by atoms with van der Waals surface area (Å²) in [7, 11) is 1.49. The van der Waals surface area contributed by atoms with E-state index in [2.05, 4.69) is 36.1 Å². The lowest BCUT2D eigenvalue weighted by molar-refractivity contribution is 0.0691. The first kappa shape index (κ1) is 20.5. The van der Waals surface area contributed by atoms with Crippen molar-refractivity contribution in [3.63, 3.8) is 0 Å². The van der Waals surface area contributed by atoms with E-state index in [0.717, 1.165) is 25.6 Å². The fourth-order valence-electron chi connectivity index (χ4n) is 5.85. The van der Waals surface area contributed by atoms with Crippen LogP contribution < -0.4 is 4.74 Å². The molecule has 5 rings (SSSR count). The number of halogens is 1. The average molecular weight is 423 g/mol. The van der Waals surface area contributed by atoms with Crippen LogP contribution in [-0.2, 0) is 0 Å². The van der Waals surface area contributed by atoms with Crippen LogP contribution in [0.4, 0.5) is 4.39 Å². The topological polar surface area (TPSA) is 32.8 Å². The van der Waals surface area contributed by atoms with Gasteiger partial charge in [-0.3, -0.25) is 4.79 Å². The Hall–Kier alpha value is -2.40. The Morgan fingerprint density at radius 2 is 1.94 bits per heavy atom. The van der Waals surface area contributed by atoms with Gasteiger partial charge >= 0.3 is 0 Å². The zero-order valence-electron chi connectivity index (χ0n) is 18.4. The van der Waals surface area contributed by atoms with Gasteiger partial charge in [0.05, 0.1) is 18.7 Å². The monoisotopic (exact) mass is 422 g/mol. The number of hydrogen-bond acceptors (Lipinski definition) is 3. The van der Waals surface area contributed by atoms with Gasteiger partial charge < -0.3 is 14.5 Å². The minimum absolute atomic E-state index is 0.0415. The summed E-state index contributed by atoms with van der Waals surface area (Å²) in [5.74, 6) is 1.60. The summed E-state index contributed by atoms with van der Waals surface area (Å²) in [4.78, 5) is 18.3. The number of nitrogens with zero attached hydrogens (tertiary/aromatic N) is 2. The Labute approximate surface area is 184 Å². The normalized spacial score (nSPS) is 26.0. The van der Waals surface area contributed by atoms with Crippen molar-refractivity contribution in [2.24, 2.45) is 17.8 Å². The van der Waals surface area contributed by atoms with Gasteiger partial charge in [-0.1, -0.05) is 30.7 Å². The van der Waals surface area contributed by atoms with Crippen LogP contribution in [-0.4, -0.2) is 49.0 Å². The third kappa shape index (κ3) is 3.73. The molecule has 0 spiro atoms. The van der Waals surface area contributed by atoms with Crippen molar-refractivity contribution in [2.75, 3.05) is 33.3 Å². The lowest BCUT2D eigenvalue weighted by atomic mass is 9.85. The molecule has 1 amide bonds. The molecule has 0 bridgehead atoms. The van der Waals surface area contributed by atoms with Crippen molar-refractivity contribution in [1.29, 1.82) is 0 Å². The van der Waals surface area contributed by atoms with Crippen molar-refractivity contribution >= 4 is 5.91 Å². The predicted octanol–water partition coefficient (Wildman–Crippen LogP) is 4.69. The summed E-state index contributed by atoms with van der Waals surface area (Å²) >= 11 is 0. The molecule has 0 aromatic heterocycles. The largest absolute Gasteiger partial charge is 0.496 e. The molecule has 3 aliphatic rings. The summed E-state index contributed by atoms with van der Waals surface area (Å²) < 4.78 is 19.1. The van der Waals surface area contributed by atoms with Gasteiger partial charge in [0.15, 0.2) is 0 Å². The SMILES string of the molecule is COc1cc(F)ccc1C(=O)N1C[C@@H]2CN(CC3CCC3)C[C@@H]2[C@@H]1c1ccccc1C. The van der Waals surface area contributed by atoms with Gasteiger partial charge in [-0.25, -0.2) is 4.39 Å². The molecule has 1 aliphatic carbocycles. The molecule has 164 valence electrons. The van der Waals surface area contributed by atoms with Crippen molar-refractivity contribution in [1.82, 2.24) is 9.80 Å². The summed E-state index contributed by atoms with van der Waals surface area (Å²) in [5, 5.41) is 0. The molecule has 3 fully saturated rings. The number of benzene rings is 2. The standard InChI is InChI=1S/C26H31FN2O2/c1-17-6-3-4-9-21(17)25-23-16-28(13-18-7-5-8-18)14-19(23)15-29(25)26(30)22-11-10-20(27)12-24(22)31-2/h3-4,6,9-12,18-19,23,25H,5,7-8,13-16H2,1-2H3/t19-,23-,25-/m0/s1. The van der Waals surface area contributed by atoms with Crippen LogP contribution in [0.2, 0.25) is 0 Å². The van der Waals surface area contributed by atoms with Gasteiger partial charge in [-0.05, 0) is 54.9 Å². The first-order valence-electron chi connectivity index (χ1n) is 11.5. The minimum Gasteiger partial charge on any atom is -0.496 e. The van der Waals surface area contributed by atoms with E-state index in [-0.39, 0.29) is 11.9 Å². The van der Waals surface area contributed by atoms with Crippen LogP contribution in [0.5, 0.6) is 5.75 Å². The van der Waals surface area contributed by atoms with Crippen LogP contribution in [0.3, 0.4) is 0 Å². The van der Waals surface area contributed by atoms with Gasteiger partial charge in [0.2, 0.25) is 0 Å². The summed E-state index contributed by atoms with van der Waals surface area (Å²) in [6.07, 6.45) is 4.10. The van der Waals surface area contributed by atoms with E-state index in [1.807, 2.05) is 4.90 Å². The second-order valence-corrected chi connectivity index (χ2v) is 9.54. The Morgan fingerprint density at radius 1 is 1.13 bits per heavy atom. The number of carbonyl (C=O) groups excluding carboxylic acids is 1. The lowest BCUT2D eigenvalue weighted by Crippen LogP contribution is -2.38. The highest BCUT2D eigenvalue weighted by molar-refractivity contribution is 5.97. The van der Waals surface area contributed by atoms with E-state index in [9.17, 15) is 9.18 Å². The molecule has 0 N–H and O–H groups in total. The molecular formula is C26H31FN2O2. The third-order valence-corrected chi connectivity index (χ3v) is 7.64. The Morgan fingerprint density at radius 3 is 2.65 bits per heavy atom. The van der Waals surface area contributed by atoms with Gasteiger partial charge in [0.25, 0.3) is 5.91 Å². The predicted molar refractivity (Wildman–Crippen MR) is 119 cm³/mol. The number of hydrogen-bond donors (Lipinski definition) is 0. The van der Waals surface area contributed by atoms with E-state index < -0.39 is 5.82 Å². The van der Waals surface area contributed by atoms with Crippen LogP contribution in [0.25, 0.3) is 0 Å². The zero-order valence-corrected chi connectivity index (χ0v) is 18.4. The number of carbonyl (C=O) groups is 1. The Balaban J connectivity index is 1.46. The lowest BCUT2D eigenvalue weighted by Gasteiger charge is -2.33. The van der Waals surface area contributed by atoms with Crippen molar-refractivity contribution < 1.29 is 13.9 Å². The second kappa shape index (κ2) is 8.27. The first-order chi connectivity index (χ1) is 15.0. The fourth-order valence-corrected chi connectivity index (χ4v) is 5.85. The number of rotatable bonds is 5. The molecule has 2 aromatic rings. The number of methoxy groups -OCH3 is 1. The summed E-state index contributed by atoms with van der Waals surface area (Å²) in [6.45, 7) is 6.18. The van der Waals surface area contributed by atoms with Gasteiger partial charge in [-0.15, -0.1) is 0 Å². The average Bonchev–Trinajstić information content (AvgIpc) is 3.28. The molecule has 0 unspecified atom stereocenters. The number of ether oxygens (including phenoxy) is 1. The van der Waals surface area contributed by atoms with Crippen LogP contribution in [0.15, 0.2) is 42.5 Å². The van der Waals surface area contributed by atoms with Gasteiger partial charge in [0.1, 0.15) is 11.6 Å². The molecule has 1 saturated carbocycles. The number of aryl methyl sites for hydroxylation is 1. The molecule has 5 heteroatoms. The highest BCUT2D eigenvalue weighted by Gasteiger charge is 2.50. The fraction of sp³-hybridized carbons (Fsp3) is 0.500. The van der Waals surface area contributed by atoms with Crippen LogP contribution >= 0.6 is 0 Å². The Bertz CT molecular complexity index is 974. The summed E-state index contributed by atoms with van der Waals surface area (Å²) in [5.41, 5.74) is 2.89. The first-order valence-corrected chi connectivity index (χ1v) is 11.5. The number of amides is 1. The van der Waals surface area contributed by atoms with E-state index in [1.54, 1.807) is 6.07 Å². The van der Waals surface area contributed by atoms with E-state index in [1.165, 1.54) is 56.2 Å². The maximum atomic E-state index is 13.7. The van der Waals surface area contributed by atoms with Crippen LogP contribution in [0, 0.1) is 30.5 Å². The van der Waals surface area contributed by atoms with Crippen molar-refractivity contribution in [3.05, 3.63) is 65.0 Å². The molecule has 2 aromatic carbocycles. The minimum atomic E-state index is -0.395. The van der Waals surface area contributed by atoms with Gasteiger partial charge in [-0.2, -0.15) is 0 Å². The Kier molecular flexibility index (Phi) is 5.47. The smallest absolute Gasteiger partial charge is 0.258 e. The molecule has 0 radical (unpaired) electrons. The molecule has 3 atom stereocenters. The highest BCUT2D eigenvalue weighted by Crippen LogP contribution is 2.47. The molecule has 2 saturated heterocycles. The molecule has 2 heterocycles. The molecular weight excluding hydrogens is 391 g/mol. The van der Waals surface area contributed by atoms with Crippen molar-refractivity contribution in [2.45, 2.75) is 32.2 Å². The molecule has 4 nitrogen and oxygen atoms in total. The third-order valence-electron chi connectivity index (χ3n) is 7.64. The number of likely N-dealkylation sites (tertiary alicyclic amines) is 2. The van der Waals surface area contributed by atoms with E-state index in [0.29, 0.717) is 23.1 Å². The van der Waals surface area contributed by atoms with E-state index >= 15 is 0 Å². The van der Waals surface area contributed by atoms with Crippen LogP contribution in [0.1, 0.15) is 46.8 Å². The second-order valence-electron chi connectivity index (χ2n) is 9.54. The molecule has 2 aliphatic heterocycles. The van der Waals surface area contributed by atoms with Gasteiger partial charge in [0, 0.05) is 38.2 Å².